The number of aryl methyl sites for hydroxylation is 1. The van der Waals surface area contributed by atoms with Crippen molar-refractivity contribution in [2.75, 3.05) is 18.9 Å². The lowest BCUT2D eigenvalue weighted by atomic mass is 10.0. The average Bonchev–Trinajstić information content (AvgIpc) is 2.69. The van der Waals surface area contributed by atoms with Gasteiger partial charge in [-0.2, -0.15) is 0 Å². The summed E-state index contributed by atoms with van der Waals surface area (Å²) in [4.78, 5) is 12.4. The van der Waals surface area contributed by atoms with Gasteiger partial charge in [0, 0.05) is 23.9 Å². The van der Waals surface area contributed by atoms with E-state index in [1.807, 2.05) is 36.0 Å². The van der Waals surface area contributed by atoms with E-state index in [1.54, 1.807) is 6.92 Å². The van der Waals surface area contributed by atoms with Crippen LogP contribution in [0.1, 0.15) is 36.9 Å². The second kappa shape index (κ2) is 9.93. The van der Waals surface area contributed by atoms with Crippen molar-refractivity contribution in [1.29, 1.82) is 0 Å². The first-order valence-corrected chi connectivity index (χ1v) is 10.4. The maximum absolute atomic E-state index is 11.0. The molecule has 0 spiro atoms. The Hall–Kier alpha value is -1.82. The Balaban J connectivity index is 1.42. The number of benzene rings is 2. The molecule has 0 fully saturated rings. The van der Waals surface area contributed by atoms with Crippen molar-refractivity contribution in [1.82, 2.24) is 5.32 Å². The van der Waals surface area contributed by atoms with E-state index in [2.05, 4.69) is 29.6 Å². The Kier molecular flexibility index (Phi) is 7.33. The van der Waals surface area contributed by atoms with Gasteiger partial charge in [-0.15, -0.1) is 11.8 Å². The Morgan fingerprint density at radius 1 is 1.26 bits per heavy atom. The molecule has 0 amide bonds. The van der Waals surface area contributed by atoms with E-state index in [1.165, 1.54) is 10.5 Å². The highest BCUT2D eigenvalue weighted by Crippen LogP contribution is 2.35. The zero-order valence-corrected chi connectivity index (χ0v) is 16.5. The largest absolute Gasteiger partial charge is 0.491 e. The van der Waals surface area contributed by atoms with Crippen molar-refractivity contribution in [3.8, 4) is 5.75 Å². The standard InChI is InChI=1S/C22H27NO3S/c1-16(24)6-7-17-8-10-19(11-9-17)26-15-18(25)14-23-21-12-13-27-22-5-3-2-4-20(21)22/h2-5,8-11,18,21,23,25H,6-7,12-15H2,1H3/t18-,21-/m1/s1. The minimum Gasteiger partial charge on any atom is -0.491 e. The smallest absolute Gasteiger partial charge is 0.130 e. The highest BCUT2D eigenvalue weighted by Gasteiger charge is 2.20. The van der Waals surface area contributed by atoms with Crippen LogP contribution in [0.2, 0.25) is 0 Å². The summed E-state index contributed by atoms with van der Waals surface area (Å²) in [5.74, 6) is 2.03. The first-order chi connectivity index (χ1) is 13.1. The predicted octanol–water partition coefficient (Wildman–Crippen LogP) is 3.77. The summed E-state index contributed by atoms with van der Waals surface area (Å²) in [5, 5.41) is 13.7. The molecule has 1 heterocycles. The molecule has 2 aromatic carbocycles. The van der Waals surface area contributed by atoms with E-state index in [0.717, 1.165) is 29.9 Å². The monoisotopic (exact) mass is 385 g/mol. The molecular weight excluding hydrogens is 358 g/mol. The third kappa shape index (κ3) is 6.09. The van der Waals surface area contributed by atoms with Crippen molar-refractivity contribution in [3.63, 3.8) is 0 Å². The SMILES string of the molecule is CC(=O)CCc1ccc(OC[C@H](O)CN[C@@H]2CCSc3ccccc32)cc1. The number of Topliss-reactive ketones (excluding diaryl/α,β-unsaturated/α-hetero) is 1. The number of carbonyl (C=O) groups is 1. The first-order valence-electron chi connectivity index (χ1n) is 9.46. The number of carbonyl (C=O) groups excluding carboxylic acids is 1. The van der Waals surface area contributed by atoms with Gasteiger partial charge in [0.1, 0.15) is 24.2 Å². The van der Waals surface area contributed by atoms with Gasteiger partial charge in [-0.1, -0.05) is 30.3 Å². The number of rotatable bonds is 9. The van der Waals surface area contributed by atoms with Gasteiger partial charge >= 0.3 is 0 Å². The Morgan fingerprint density at radius 2 is 2.04 bits per heavy atom. The number of hydrogen-bond donors (Lipinski definition) is 2. The van der Waals surface area contributed by atoms with Crippen molar-refractivity contribution >= 4 is 17.5 Å². The summed E-state index contributed by atoms with van der Waals surface area (Å²) in [6, 6.07) is 16.5. The van der Waals surface area contributed by atoms with Crippen LogP contribution >= 0.6 is 11.8 Å². The average molecular weight is 386 g/mol. The fourth-order valence-electron chi connectivity index (χ4n) is 3.16. The minimum absolute atomic E-state index is 0.199. The fraction of sp³-hybridized carbons (Fsp3) is 0.409. The summed E-state index contributed by atoms with van der Waals surface area (Å²) in [6.07, 6.45) is 1.82. The lowest BCUT2D eigenvalue weighted by molar-refractivity contribution is -0.116. The molecule has 2 N–H and O–H groups in total. The van der Waals surface area contributed by atoms with Gasteiger partial charge in [0.05, 0.1) is 0 Å². The lowest BCUT2D eigenvalue weighted by Gasteiger charge is -2.27. The maximum Gasteiger partial charge on any atom is 0.130 e. The molecule has 5 heteroatoms. The molecule has 2 aromatic rings. The third-order valence-electron chi connectivity index (χ3n) is 4.69. The van der Waals surface area contributed by atoms with Crippen molar-refractivity contribution in [2.45, 2.75) is 43.2 Å². The Labute approximate surface area is 165 Å². The molecule has 4 nitrogen and oxygen atoms in total. The number of aliphatic hydroxyl groups excluding tert-OH is 1. The van der Waals surface area contributed by atoms with Gasteiger partial charge in [-0.25, -0.2) is 0 Å². The van der Waals surface area contributed by atoms with Crippen LogP contribution in [0.4, 0.5) is 0 Å². The number of nitrogens with one attached hydrogen (secondary N) is 1. The van der Waals surface area contributed by atoms with Crippen LogP contribution in [-0.2, 0) is 11.2 Å². The fourth-order valence-corrected chi connectivity index (χ4v) is 4.28. The van der Waals surface area contributed by atoms with E-state index in [9.17, 15) is 9.90 Å². The van der Waals surface area contributed by atoms with Crippen molar-refractivity contribution in [2.24, 2.45) is 0 Å². The topological polar surface area (TPSA) is 58.6 Å². The quantitative estimate of drug-likeness (QED) is 0.688. The number of ketones is 1. The van der Waals surface area contributed by atoms with E-state index >= 15 is 0 Å². The highest BCUT2D eigenvalue weighted by molar-refractivity contribution is 7.99. The highest BCUT2D eigenvalue weighted by atomic mass is 32.2. The maximum atomic E-state index is 11.0. The summed E-state index contributed by atoms with van der Waals surface area (Å²) >= 11 is 1.89. The van der Waals surface area contributed by atoms with Gasteiger partial charge < -0.3 is 20.0 Å². The molecule has 1 aliphatic heterocycles. The molecule has 0 saturated heterocycles. The van der Waals surface area contributed by atoms with Gasteiger partial charge in [-0.05, 0) is 54.8 Å². The van der Waals surface area contributed by atoms with Gasteiger partial charge in [0.15, 0.2) is 0 Å². The zero-order chi connectivity index (χ0) is 19.1. The molecule has 144 valence electrons. The minimum atomic E-state index is -0.566. The molecule has 27 heavy (non-hydrogen) atoms. The molecule has 2 atom stereocenters. The van der Waals surface area contributed by atoms with E-state index in [0.29, 0.717) is 13.0 Å². The Morgan fingerprint density at radius 3 is 2.81 bits per heavy atom. The second-order valence-electron chi connectivity index (χ2n) is 6.95. The van der Waals surface area contributed by atoms with Crippen LogP contribution < -0.4 is 10.1 Å². The molecule has 0 aromatic heterocycles. The number of fused-ring (bicyclic) bond motifs is 1. The number of aliphatic hydroxyl groups is 1. The van der Waals surface area contributed by atoms with Crippen LogP contribution in [-0.4, -0.2) is 35.9 Å². The van der Waals surface area contributed by atoms with Gasteiger partial charge in [0.25, 0.3) is 0 Å². The Bertz CT molecular complexity index is 747. The summed E-state index contributed by atoms with van der Waals surface area (Å²) in [7, 11) is 0. The summed E-state index contributed by atoms with van der Waals surface area (Å²) in [6.45, 7) is 2.36. The third-order valence-corrected chi connectivity index (χ3v) is 5.81. The molecule has 0 aliphatic carbocycles. The van der Waals surface area contributed by atoms with Crippen LogP contribution in [0.25, 0.3) is 0 Å². The summed E-state index contributed by atoms with van der Waals surface area (Å²) in [5.41, 5.74) is 2.44. The first kappa shape index (κ1) is 19.9. The molecule has 0 bridgehead atoms. The van der Waals surface area contributed by atoms with Gasteiger partial charge in [-0.3, -0.25) is 0 Å². The van der Waals surface area contributed by atoms with Crippen LogP contribution in [0.3, 0.4) is 0 Å². The van der Waals surface area contributed by atoms with E-state index in [4.69, 9.17) is 4.74 Å². The normalized spacial score (nSPS) is 17.2. The summed E-state index contributed by atoms with van der Waals surface area (Å²) < 4.78 is 5.70. The van der Waals surface area contributed by atoms with Crippen molar-refractivity contribution < 1.29 is 14.6 Å². The van der Waals surface area contributed by atoms with Gasteiger partial charge in [0.2, 0.25) is 0 Å². The lowest BCUT2D eigenvalue weighted by Crippen LogP contribution is -2.35. The predicted molar refractivity (Wildman–Crippen MR) is 109 cm³/mol. The van der Waals surface area contributed by atoms with Crippen LogP contribution in [0, 0.1) is 0 Å². The molecule has 1 aliphatic rings. The zero-order valence-electron chi connectivity index (χ0n) is 15.7. The molecular formula is C22H27NO3S. The number of hydrogen-bond acceptors (Lipinski definition) is 5. The van der Waals surface area contributed by atoms with Crippen molar-refractivity contribution in [3.05, 3.63) is 59.7 Å². The van der Waals surface area contributed by atoms with Crippen LogP contribution in [0.5, 0.6) is 5.75 Å². The van der Waals surface area contributed by atoms with E-state index in [-0.39, 0.29) is 18.4 Å². The molecule has 3 rings (SSSR count). The number of ether oxygens (including phenoxy) is 1. The molecule has 0 unspecified atom stereocenters. The second-order valence-corrected chi connectivity index (χ2v) is 8.08. The van der Waals surface area contributed by atoms with E-state index < -0.39 is 6.10 Å². The molecule has 0 radical (unpaired) electrons. The molecule has 0 saturated carbocycles. The number of thioether (sulfide) groups is 1. The van der Waals surface area contributed by atoms with Crippen LogP contribution in [0.15, 0.2) is 53.4 Å².